The Morgan fingerprint density at radius 1 is 1.15 bits per heavy atom. The van der Waals surface area contributed by atoms with Crippen LogP contribution >= 0.6 is 39.3 Å². The number of para-hydroxylation sites is 1. The van der Waals surface area contributed by atoms with Crippen molar-refractivity contribution in [2.75, 3.05) is 5.32 Å². The van der Waals surface area contributed by atoms with E-state index in [0.29, 0.717) is 10.5 Å². The monoisotopic (exact) mass is 556 g/mol. The quantitative estimate of drug-likeness (QED) is 0.151. The number of anilines is 1. The summed E-state index contributed by atoms with van der Waals surface area (Å²) in [5, 5.41) is 15.0. The third-order valence-corrected chi connectivity index (χ3v) is 9.43. The number of benzene rings is 3. The number of hydrogen-bond acceptors (Lipinski definition) is 5. The molecule has 1 heterocycles. The molecule has 5 rings (SSSR count). The summed E-state index contributed by atoms with van der Waals surface area (Å²) in [6, 6.07) is 21.0. The van der Waals surface area contributed by atoms with Crippen LogP contribution in [0.4, 0.5) is 11.4 Å². The minimum Gasteiger partial charge on any atom is -0.378 e. The van der Waals surface area contributed by atoms with Gasteiger partial charge in [-0.25, -0.2) is 0 Å². The number of nitro benzene ring substituents is 1. The van der Waals surface area contributed by atoms with Crippen molar-refractivity contribution in [3.8, 4) is 0 Å². The highest BCUT2D eigenvalue weighted by Crippen LogP contribution is 2.58. The van der Waals surface area contributed by atoms with Gasteiger partial charge in [-0.3, -0.25) is 14.9 Å². The molecule has 8 heteroatoms. The first-order valence-corrected chi connectivity index (χ1v) is 13.2. The Morgan fingerprint density at radius 3 is 2.59 bits per heavy atom. The van der Waals surface area contributed by atoms with Gasteiger partial charge in [-0.15, -0.1) is 23.4 Å². The Labute approximate surface area is 215 Å². The van der Waals surface area contributed by atoms with Crippen molar-refractivity contribution in [3.05, 3.63) is 98.0 Å². The molecule has 5 nitrogen and oxygen atoms in total. The van der Waals surface area contributed by atoms with Crippen molar-refractivity contribution in [1.82, 2.24) is 0 Å². The van der Waals surface area contributed by atoms with E-state index in [1.54, 1.807) is 19.1 Å². The summed E-state index contributed by atoms with van der Waals surface area (Å²) in [5.41, 5.74) is 3.98. The van der Waals surface area contributed by atoms with Gasteiger partial charge >= 0.3 is 0 Å². The zero-order valence-electron chi connectivity index (χ0n) is 18.3. The Bertz CT molecular complexity index is 1270. The maximum atomic E-state index is 12.1. The van der Waals surface area contributed by atoms with Crippen LogP contribution in [0.3, 0.4) is 0 Å². The molecular formula is C26H22BrClN2O3S. The van der Waals surface area contributed by atoms with E-state index in [1.165, 1.54) is 23.4 Å². The lowest BCUT2D eigenvalue weighted by Crippen LogP contribution is -2.31. The molecule has 0 saturated heterocycles. The largest absolute Gasteiger partial charge is 0.378 e. The molecule has 0 bridgehead atoms. The number of fused-ring (bicyclic) bond motifs is 3. The lowest BCUT2D eigenvalue weighted by molar-refractivity contribution is -0.387. The fourth-order valence-electron chi connectivity index (χ4n) is 5.21. The Kier molecular flexibility index (Phi) is 6.44. The summed E-state index contributed by atoms with van der Waals surface area (Å²) in [6.45, 7) is 1.57. The van der Waals surface area contributed by atoms with E-state index in [2.05, 4.69) is 33.4 Å². The van der Waals surface area contributed by atoms with Gasteiger partial charge in [0.2, 0.25) is 0 Å². The summed E-state index contributed by atoms with van der Waals surface area (Å²) in [6.07, 6.45) is 0.799. The first kappa shape index (κ1) is 23.4. The number of thioether (sulfide) groups is 1. The summed E-state index contributed by atoms with van der Waals surface area (Å²) >= 11 is 12.2. The normalized spacial score (nSPS) is 25.2. The van der Waals surface area contributed by atoms with E-state index in [1.807, 2.05) is 36.4 Å². The summed E-state index contributed by atoms with van der Waals surface area (Å²) in [4.78, 5) is 24.0. The molecule has 0 amide bonds. The third kappa shape index (κ3) is 4.25. The van der Waals surface area contributed by atoms with Crippen molar-refractivity contribution in [3.63, 3.8) is 0 Å². The molecule has 2 aliphatic rings. The van der Waals surface area contributed by atoms with E-state index in [4.69, 9.17) is 11.6 Å². The molecular weight excluding hydrogens is 536 g/mol. The van der Waals surface area contributed by atoms with Gasteiger partial charge in [-0.05, 0) is 66.8 Å². The van der Waals surface area contributed by atoms with Crippen molar-refractivity contribution < 1.29 is 9.72 Å². The van der Waals surface area contributed by atoms with E-state index >= 15 is 0 Å². The molecule has 174 valence electrons. The van der Waals surface area contributed by atoms with Gasteiger partial charge in [0.1, 0.15) is 0 Å². The predicted octanol–water partition coefficient (Wildman–Crippen LogP) is 7.60. The second-order valence-electron chi connectivity index (χ2n) is 8.78. The van der Waals surface area contributed by atoms with E-state index in [-0.39, 0.29) is 44.9 Å². The fraction of sp³-hybridized carbons (Fsp3) is 0.269. The van der Waals surface area contributed by atoms with Crippen molar-refractivity contribution in [2.24, 2.45) is 5.92 Å². The summed E-state index contributed by atoms with van der Waals surface area (Å²) in [5.74, 6) is 0.217. The molecule has 1 aliphatic heterocycles. The van der Waals surface area contributed by atoms with Crippen molar-refractivity contribution in [1.29, 1.82) is 0 Å². The van der Waals surface area contributed by atoms with Gasteiger partial charge in [-0.2, -0.15) is 0 Å². The fourth-order valence-corrected chi connectivity index (χ4v) is 7.41. The van der Waals surface area contributed by atoms with Crippen LogP contribution < -0.4 is 5.32 Å². The van der Waals surface area contributed by atoms with Gasteiger partial charge in [0.05, 0.1) is 21.2 Å². The number of carbonyl (C=O) groups is 1. The zero-order valence-corrected chi connectivity index (χ0v) is 21.4. The number of ketones is 1. The maximum absolute atomic E-state index is 12.1. The smallest absolute Gasteiger partial charge is 0.282 e. The van der Waals surface area contributed by atoms with Gasteiger partial charge in [-0.1, -0.05) is 40.2 Å². The SMILES string of the molecule is CC(=O)c1ccc2c(c1)[C@@H]1[C@@H](Cl)[C@@H](Sc3ccccc3[N+](=O)[O-])C[C@@H]1[C@H](c1ccc(Br)cc1)N2. The van der Waals surface area contributed by atoms with Crippen LogP contribution in [-0.2, 0) is 0 Å². The highest BCUT2D eigenvalue weighted by Gasteiger charge is 2.50. The molecule has 1 fully saturated rings. The molecule has 0 aromatic heterocycles. The first-order chi connectivity index (χ1) is 16.3. The van der Waals surface area contributed by atoms with Crippen LogP contribution in [0.5, 0.6) is 0 Å². The standard InChI is InChI=1S/C26H22BrClN2O3S/c1-14(31)16-8-11-20-18(12-16)24-19(26(29-20)15-6-9-17(27)10-7-15)13-23(25(24)28)34-22-5-3-2-4-21(22)30(32)33/h2-12,19,23-26,29H,13H2,1H3/t19-,23-,24-,25-,26-/m0/s1. The number of nitrogens with one attached hydrogen (secondary N) is 1. The number of halogens is 2. The van der Waals surface area contributed by atoms with E-state index in [0.717, 1.165) is 22.1 Å². The number of alkyl halides is 1. The Balaban J connectivity index is 1.55. The molecule has 0 radical (unpaired) electrons. The van der Waals surface area contributed by atoms with Crippen LogP contribution in [0, 0.1) is 16.0 Å². The highest BCUT2D eigenvalue weighted by atomic mass is 79.9. The molecule has 34 heavy (non-hydrogen) atoms. The Morgan fingerprint density at radius 2 is 1.88 bits per heavy atom. The van der Waals surface area contributed by atoms with Crippen molar-refractivity contribution >= 4 is 56.5 Å². The van der Waals surface area contributed by atoms with E-state index in [9.17, 15) is 14.9 Å². The molecule has 1 N–H and O–H groups in total. The molecule has 0 unspecified atom stereocenters. The number of hydrogen-bond donors (Lipinski definition) is 1. The molecule has 5 atom stereocenters. The van der Waals surface area contributed by atoms with Crippen LogP contribution in [-0.4, -0.2) is 21.3 Å². The Hall–Kier alpha value is -2.35. The molecule has 3 aromatic rings. The number of Topliss-reactive ketones (excluding diaryl/α,β-unsaturated/α-hetero) is 1. The molecule has 1 saturated carbocycles. The van der Waals surface area contributed by atoms with Crippen LogP contribution in [0.2, 0.25) is 0 Å². The summed E-state index contributed by atoms with van der Waals surface area (Å²) < 4.78 is 1.02. The average Bonchev–Trinajstić information content (AvgIpc) is 3.15. The second-order valence-corrected chi connectivity index (χ2v) is 11.5. The van der Waals surface area contributed by atoms with Crippen LogP contribution in [0.25, 0.3) is 0 Å². The minimum absolute atomic E-state index is 0.00977. The van der Waals surface area contributed by atoms with Gasteiger partial charge in [0.25, 0.3) is 5.69 Å². The summed E-state index contributed by atoms with van der Waals surface area (Å²) in [7, 11) is 0. The minimum atomic E-state index is -0.339. The number of carbonyl (C=O) groups excluding carboxylic acids is 1. The highest BCUT2D eigenvalue weighted by molar-refractivity contribution is 9.10. The maximum Gasteiger partial charge on any atom is 0.282 e. The second kappa shape index (κ2) is 9.36. The lowest BCUT2D eigenvalue weighted by Gasteiger charge is -2.38. The molecule has 1 aliphatic carbocycles. The predicted molar refractivity (Wildman–Crippen MR) is 140 cm³/mol. The first-order valence-electron chi connectivity index (χ1n) is 11.0. The van der Waals surface area contributed by atoms with Crippen LogP contribution in [0.15, 0.2) is 76.1 Å². The van der Waals surface area contributed by atoms with Gasteiger partial charge in [0.15, 0.2) is 5.78 Å². The number of rotatable bonds is 5. The van der Waals surface area contributed by atoms with Crippen molar-refractivity contribution in [2.45, 2.75) is 40.8 Å². The lowest BCUT2D eigenvalue weighted by atomic mass is 9.76. The number of nitro groups is 1. The topological polar surface area (TPSA) is 72.2 Å². The van der Waals surface area contributed by atoms with Crippen LogP contribution in [0.1, 0.15) is 46.8 Å². The van der Waals surface area contributed by atoms with Gasteiger partial charge in [0, 0.05) is 33.0 Å². The zero-order chi connectivity index (χ0) is 24.0. The number of nitrogens with zero attached hydrogens (tertiary/aromatic N) is 1. The van der Waals surface area contributed by atoms with E-state index < -0.39 is 0 Å². The average molecular weight is 558 g/mol. The third-order valence-electron chi connectivity index (χ3n) is 6.79. The molecule has 0 spiro atoms. The molecule has 3 aromatic carbocycles. The van der Waals surface area contributed by atoms with Gasteiger partial charge < -0.3 is 5.32 Å².